The van der Waals surface area contributed by atoms with Crippen molar-refractivity contribution < 1.29 is 39.5 Å². The molecule has 0 saturated carbocycles. The summed E-state index contributed by atoms with van der Waals surface area (Å²) in [7, 11) is 0. The SMILES string of the molecule is CC(O)C(C)C1(O)O[C@]2(C)C(=O)C(Cl)=C3C=C(/C=C/[C@@H](C)C(C)O)OC=C3C2C1C(=O)O. The van der Waals surface area contributed by atoms with E-state index in [1.54, 1.807) is 19.1 Å². The van der Waals surface area contributed by atoms with E-state index in [0.29, 0.717) is 16.9 Å². The highest BCUT2D eigenvalue weighted by Gasteiger charge is 2.70. The Morgan fingerprint density at radius 1 is 1.22 bits per heavy atom. The summed E-state index contributed by atoms with van der Waals surface area (Å²) in [6, 6.07) is 0. The van der Waals surface area contributed by atoms with Crippen LogP contribution in [0.2, 0.25) is 0 Å². The second-order valence-electron chi connectivity index (χ2n) is 9.04. The van der Waals surface area contributed by atoms with E-state index in [-0.39, 0.29) is 11.0 Å². The van der Waals surface area contributed by atoms with E-state index in [1.807, 2.05) is 6.92 Å². The van der Waals surface area contributed by atoms with Crippen LogP contribution in [-0.2, 0) is 19.1 Å². The molecule has 8 atom stereocenters. The van der Waals surface area contributed by atoms with Gasteiger partial charge in [-0.05, 0) is 32.9 Å². The number of aliphatic carboxylic acids is 1. The van der Waals surface area contributed by atoms with Gasteiger partial charge in [-0.1, -0.05) is 31.5 Å². The van der Waals surface area contributed by atoms with Gasteiger partial charge in [0.15, 0.2) is 5.79 Å². The van der Waals surface area contributed by atoms with Gasteiger partial charge in [0, 0.05) is 28.9 Å². The van der Waals surface area contributed by atoms with Crippen molar-refractivity contribution in [3.05, 3.63) is 46.4 Å². The number of carbonyl (C=O) groups is 2. The molecule has 3 aliphatic rings. The van der Waals surface area contributed by atoms with Crippen LogP contribution in [-0.4, -0.2) is 55.8 Å². The van der Waals surface area contributed by atoms with Crippen LogP contribution >= 0.6 is 11.6 Å². The normalized spacial score (nSPS) is 36.0. The van der Waals surface area contributed by atoms with E-state index in [2.05, 4.69) is 0 Å². The maximum absolute atomic E-state index is 13.3. The zero-order valence-corrected chi connectivity index (χ0v) is 19.3. The number of aliphatic hydroxyl groups excluding tert-OH is 2. The number of carboxylic acid groups (broad SMARTS) is 1. The van der Waals surface area contributed by atoms with Gasteiger partial charge in [0.05, 0.1) is 23.5 Å². The van der Waals surface area contributed by atoms with Crippen LogP contribution in [0.5, 0.6) is 0 Å². The molecular formula is C23H29ClO8. The third-order valence-corrected chi connectivity index (χ3v) is 7.23. The molecule has 4 N–H and O–H groups in total. The number of aliphatic hydroxyl groups is 3. The first-order chi connectivity index (χ1) is 14.8. The Balaban J connectivity index is 2.09. The molecule has 32 heavy (non-hydrogen) atoms. The van der Waals surface area contributed by atoms with Crippen molar-refractivity contribution in [1.82, 2.24) is 0 Å². The molecule has 3 rings (SSSR count). The van der Waals surface area contributed by atoms with E-state index in [1.165, 1.54) is 33.1 Å². The highest BCUT2D eigenvalue weighted by Crippen LogP contribution is 2.58. The molecule has 2 heterocycles. The fraction of sp³-hybridized carbons (Fsp3) is 0.565. The predicted octanol–water partition coefficient (Wildman–Crippen LogP) is 2.24. The molecule has 176 valence electrons. The second-order valence-corrected chi connectivity index (χ2v) is 9.42. The summed E-state index contributed by atoms with van der Waals surface area (Å²) >= 11 is 6.40. The molecule has 0 amide bonds. The lowest BCUT2D eigenvalue weighted by atomic mass is 9.66. The van der Waals surface area contributed by atoms with Gasteiger partial charge >= 0.3 is 5.97 Å². The molecule has 0 aromatic carbocycles. The van der Waals surface area contributed by atoms with E-state index in [4.69, 9.17) is 21.1 Å². The van der Waals surface area contributed by atoms with E-state index in [9.17, 15) is 30.0 Å². The maximum atomic E-state index is 13.3. The average molecular weight is 469 g/mol. The summed E-state index contributed by atoms with van der Waals surface area (Å²) in [5.41, 5.74) is -1.16. The Labute approximate surface area is 191 Å². The number of carbonyl (C=O) groups excluding carboxylic acids is 1. The van der Waals surface area contributed by atoms with Crippen LogP contribution in [0.4, 0.5) is 0 Å². The van der Waals surface area contributed by atoms with Crippen molar-refractivity contribution in [3.8, 4) is 0 Å². The van der Waals surface area contributed by atoms with Gasteiger partial charge in [0.1, 0.15) is 17.3 Å². The molecule has 0 aromatic rings. The number of halogens is 1. The third-order valence-electron chi connectivity index (χ3n) is 6.86. The summed E-state index contributed by atoms with van der Waals surface area (Å²) in [6.45, 7) is 7.74. The number of Topliss-reactive ketones (excluding diaryl/α,β-unsaturated/α-hetero) is 1. The summed E-state index contributed by atoms with van der Waals surface area (Å²) in [5, 5.41) is 40.9. The number of hydrogen-bond donors (Lipinski definition) is 4. The van der Waals surface area contributed by atoms with Crippen LogP contribution in [0.3, 0.4) is 0 Å². The van der Waals surface area contributed by atoms with Gasteiger partial charge in [-0.15, -0.1) is 0 Å². The van der Waals surface area contributed by atoms with E-state index < -0.39 is 53.1 Å². The van der Waals surface area contributed by atoms with Crippen molar-refractivity contribution in [1.29, 1.82) is 0 Å². The molecule has 0 bridgehead atoms. The molecule has 1 aliphatic carbocycles. The third kappa shape index (κ3) is 3.74. The standard InChI is InChI=1S/C23H29ClO8/c1-10(12(3)25)6-7-14-8-15-16(9-31-14)17-18(21(28)29)23(30,11(2)13(4)26)32-22(17,5)20(27)19(15)24/h6-13,17-18,25-26,30H,1-5H3,(H,28,29)/b7-6+/t10-,11?,12?,13?,17?,18?,22+,23?/m1/s1. The minimum atomic E-state index is -2.32. The Morgan fingerprint density at radius 3 is 2.38 bits per heavy atom. The lowest BCUT2D eigenvalue weighted by molar-refractivity contribution is -0.268. The van der Waals surface area contributed by atoms with Crippen molar-refractivity contribution in [3.63, 3.8) is 0 Å². The Hall–Kier alpha value is -1.97. The van der Waals surface area contributed by atoms with Crippen molar-refractivity contribution >= 4 is 23.4 Å². The van der Waals surface area contributed by atoms with Crippen LogP contribution in [0.1, 0.15) is 34.6 Å². The van der Waals surface area contributed by atoms with Gasteiger partial charge in [-0.3, -0.25) is 9.59 Å². The second kappa shape index (κ2) is 8.43. The molecule has 0 aromatic heterocycles. The molecule has 0 radical (unpaired) electrons. The van der Waals surface area contributed by atoms with E-state index in [0.717, 1.165) is 0 Å². The van der Waals surface area contributed by atoms with Gasteiger partial charge < -0.3 is 29.9 Å². The Kier molecular flexibility index (Phi) is 6.49. The molecule has 2 aliphatic heterocycles. The fourth-order valence-corrected chi connectivity index (χ4v) is 4.80. The maximum Gasteiger partial charge on any atom is 0.312 e. The van der Waals surface area contributed by atoms with Crippen LogP contribution in [0, 0.1) is 23.7 Å². The minimum Gasteiger partial charge on any atom is -0.481 e. The first kappa shape index (κ1) is 24.7. The quantitative estimate of drug-likeness (QED) is 0.466. The largest absolute Gasteiger partial charge is 0.481 e. The highest BCUT2D eigenvalue weighted by molar-refractivity contribution is 6.45. The minimum absolute atomic E-state index is 0.151. The molecule has 0 spiro atoms. The Morgan fingerprint density at radius 2 is 1.84 bits per heavy atom. The monoisotopic (exact) mass is 468 g/mol. The smallest absolute Gasteiger partial charge is 0.312 e. The van der Waals surface area contributed by atoms with Gasteiger partial charge in [0.2, 0.25) is 5.78 Å². The van der Waals surface area contributed by atoms with Crippen molar-refractivity contribution in [2.75, 3.05) is 0 Å². The zero-order chi connectivity index (χ0) is 24.2. The fourth-order valence-electron chi connectivity index (χ4n) is 4.45. The van der Waals surface area contributed by atoms with Gasteiger partial charge in [0.25, 0.3) is 0 Å². The summed E-state index contributed by atoms with van der Waals surface area (Å²) in [6.07, 6.45) is 4.54. The molecular weight excluding hydrogens is 440 g/mol. The average Bonchev–Trinajstić information content (AvgIpc) is 2.98. The van der Waals surface area contributed by atoms with Gasteiger partial charge in [-0.2, -0.15) is 0 Å². The first-order valence-corrected chi connectivity index (χ1v) is 10.9. The highest BCUT2D eigenvalue weighted by atomic mass is 35.5. The number of allylic oxidation sites excluding steroid dienone is 3. The van der Waals surface area contributed by atoms with Crippen LogP contribution in [0.25, 0.3) is 0 Å². The number of ketones is 1. The van der Waals surface area contributed by atoms with Gasteiger partial charge in [-0.25, -0.2) is 0 Å². The summed E-state index contributed by atoms with van der Waals surface area (Å²) < 4.78 is 11.5. The van der Waals surface area contributed by atoms with Crippen LogP contribution < -0.4 is 0 Å². The number of hydrogen-bond acceptors (Lipinski definition) is 7. The predicted molar refractivity (Wildman–Crippen MR) is 115 cm³/mol. The lowest BCUT2D eigenvalue weighted by Gasteiger charge is -2.37. The van der Waals surface area contributed by atoms with E-state index >= 15 is 0 Å². The number of carboxylic acids is 1. The molecule has 1 fully saturated rings. The lowest BCUT2D eigenvalue weighted by Crippen LogP contribution is -2.50. The molecule has 6 unspecified atom stereocenters. The molecule has 8 nitrogen and oxygen atoms in total. The first-order valence-electron chi connectivity index (χ1n) is 10.5. The number of ether oxygens (including phenoxy) is 2. The summed E-state index contributed by atoms with van der Waals surface area (Å²) in [4.78, 5) is 25.6. The number of rotatable bonds is 6. The topological polar surface area (TPSA) is 134 Å². The Bertz CT molecular complexity index is 946. The molecule has 1 saturated heterocycles. The zero-order valence-electron chi connectivity index (χ0n) is 18.6. The number of fused-ring (bicyclic) bond motifs is 3. The summed E-state index contributed by atoms with van der Waals surface area (Å²) in [5.74, 6) is -7.83. The van der Waals surface area contributed by atoms with Crippen molar-refractivity contribution in [2.45, 2.75) is 58.2 Å². The van der Waals surface area contributed by atoms with Crippen LogP contribution in [0.15, 0.2) is 46.4 Å². The molecule has 9 heteroatoms. The van der Waals surface area contributed by atoms with Crippen molar-refractivity contribution in [2.24, 2.45) is 23.7 Å².